The van der Waals surface area contributed by atoms with Gasteiger partial charge in [-0.2, -0.15) is 0 Å². The number of carbonyl (C=O) groups is 1. The fourth-order valence-corrected chi connectivity index (χ4v) is 3.08. The van der Waals surface area contributed by atoms with Crippen molar-refractivity contribution in [2.24, 2.45) is 0 Å². The van der Waals surface area contributed by atoms with Crippen LogP contribution in [0.1, 0.15) is 31.7 Å². The summed E-state index contributed by atoms with van der Waals surface area (Å²) in [5.74, 6) is -0.312. The summed E-state index contributed by atoms with van der Waals surface area (Å²) in [6.45, 7) is 2.04. The average molecular weight is 399 g/mol. The molecule has 1 unspecified atom stereocenters. The fourth-order valence-electron chi connectivity index (χ4n) is 2.51. The quantitative estimate of drug-likeness (QED) is 0.436. The number of amides is 1. The second-order valence-electron chi connectivity index (χ2n) is 5.85. The maximum absolute atomic E-state index is 12.8. The van der Waals surface area contributed by atoms with Crippen LogP contribution in [0.4, 0.5) is 4.39 Å². The molecule has 0 saturated carbocycles. The summed E-state index contributed by atoms with van der Waals surface area (Å²) in [5.41, 5.74) is 0.868. The number of phenols is 2. The molecule has 1 fully saturated rings. The van der Waals surface area contributed by atoms with Gasteiger partial charge in [0.25, 0.3) is 0 Å². The Morgan fingerprint density at radius 3 is 2.67 bits per heavy atom. The third-order valence-electron chi connectivity index (χ3n) is 3.88. The first kappa shape index (κ1) is 18.5. The van der Waals surface area contributed by atoms with E-state index in [-0.39, 0.29) is 17.4 Å². The molecule has 1 aliphatic rings. The first-order chi connectivity index (χ1) is 11.3. The van der Waals surface area contributed by atoms with Crippen LogP contribution in [0.15, 0.2) is 23.9 Å². The molecule has 1 aromatic rings. The number of benzene rings is 1. The summed E-state index contributed by atoms with van der Waals surface area (Å²) in [6.07, 6.45) is 2.68. The number of alkyl halides is 1. The molecule has 0 spiro atoms. The molecule has 130 valence electrons. The molecule has 0 aliphatic carbocycles. The van der Waals surface area contributed by atoms with Crippen LogP contribution >= 0.6 is 0 Å². The standard InChI is InChI=1S/C17H21FN2O3Se/c1-11(18)5-3-4-8-20-16(23)14(19(2)17(20)24)9-12-6-7-13(21)10-15(12)22/h6-7,9-11,21-22H,3-5,8H2,1-2H3. The zero-order chi connectivity index (χ0) is 17.9. The SMILES string of the molecule is CC(F)CCCCN1C(=O)C(=Cc2ccc(O)cc2O)N(C)C1=[Se]. The van der Waals surface area contributed by atoms with E-state index in [1.165, 1.54) is 19.1 Å². The van der Waals surface area contributed by atoms with Crippen molar-refractivity contribution < 1.29 is 19.4 Å². The average Bonchev–Trinajstić information content (AvgIpc) is 2.70. The first-order valence-electron chi connectivity index (χ1n) is 7.78. The second-order valence-corrected chi connectivity index (χ2v) is 6.61. The molecule has 0 radical (unpaired) electrons. The molecule has 7 heteroatoms. The number of unbranched alkanes of at least 4 members (excludes halogenated alkanes) is 1. The number of phenolic OH excluding ortho intramolecular Hbond substituents is 2. The van der Waals surface area contributed by atoms with E-state index in [1.54, 1.807) is 29.0 Å². The van der Waals surface area contributed by atoms with Crippen LogP contribution in [0.3, 0.4) is 0 Å². The van der Waals surface area contributed by atoms with Gasteiger partial charge in [0.05, 0.1) is 0 Å². The van der Waals surface area contributed by atoms with Crippen LogP contribution in [0.5, 0.6) is 11.5 Å². The monoisotopic (exact) mass is 400 g/mol. The van der Waals surface area contributed by atoms with E-state index < -0.39 is 6.17 Å². The number of likely N-dealkylation sites (N-methyl/N-ethyl adjacent to an activating group) is 1. The van der Waals surface area contributed by atoms with Crippen molar-refractivity contribution in [2.45, 2.75) is 32.4 Å². The maximum atomic E-state index is 12.8. The van der Waals surface area contributed by atoms with Crippen molar-refractivity contribution in [3.63, 3.8) is 0 Å². The summed E-state index contributed by atoms with van der Waals surface area (Å²) in [4.78, 5) is 15.9. The number of carbonyl (C=O) groups excluding carboxylic acids is 1. The Morgan fingerprint density at radius 2 is 2.04 bits per heavy atom. The number of hydrogen-bond donors (Lipinski definition) is 2. The number of aromatic hydroxyl groups is 2. The van der Waals surface area contributed by atoms with Crippen LogP contribution in [0, 0.1) is 0 Å². The van der Waals surface area contributed by atoms with E-state index in [0.29, 0.717) is 28.9 Å². The Morgan fingerprint density at radius 1 is 1.33 bits per heavy atom. The molecule has 1 heterocycles. The Balaban J connectivity index is 2.13. The fraction of sp³-hybridized carbons (Fsp3) is 0.412. The van der Waals surface area contributed by atoms with Crippen molar-refractivity contribution >= 4 is 32.2 Å². The molecule has 0 aromatic heterocycles. The normalized spacial score (nSPS) is 17.9. The van der Waals surface area contributed by atoms with Gasteiger partial charge in [-0.05, 0) is 0 Å². The van der Waals surface area contributed by atoms with E-state index in [1.807, 2.05) is 0 Å². The van der Waals surface area contributed by atoms with Crippen molar-refractivity contribution in [3.8, 4) is 11.5 Å². The zero-order valence-corrected chi connectivity index (χ0v) is 15.4. The van der Waals surface area contributed by atoms with Crippen molar-refractivity contribution in [1.29, 1.82) is 0 Å². The van der Waals surface area contributed by atoms with E-state index in [9.17, 15) is 19.4 Å². The van der Waals surface area contributed by atoms with Gasteiger partial charge in [-0.25, -0.2) is 0 Å². The van der Waals surface area contributed by atoms with Crippen LogP contribution in [0.25, 0.3) is 6.08 Å². The molecule has 1 atom stereocenters. The van der Waals surface area contributed by atoms with Gasteiger partial charge < -0.3 is 0 Å². The molecule has 1 saturated heterocycles. The summed E-state index contributed by atoms with van der Waals surface area (Å²) >= 11 is 2.89. The third kappa shape index (κ3) is 4.16. The van der Waals surface area contributed by atoms with Crippen LogP contribution in [0.2, 0.25) is 0 Å². The van der Waals surface area contributed by atoms with Crippen LogP contribution < -0.4 is 0 Å². The van der Waals surface area contributed by atoms with Gasteiger partial charge in [0.1, 0.15) is 0 Å². The van der Waals surface area contributed by atoms with Gasteiger partial charge in [0.2, 0.25) is 0 Å². The van der Waals surface area contributed by atoms with E-state index in [0.717, 1.165) is 12.8 Å². The Bertz CT molecular complexity index is 676. The second kappa shape index (κ2) is 7.81. The van der Waals surface area contributed by atoms with E-state index in [4.69, 9.17) is 0 Å². The van der Waals surface area contributed by atoms with Gasteiger partial charge in [-0.1, -0.05) is 0 Å². The number of nitrogens with zero attached hydrogens (tertiary/aromatic N) is 2. The number of rotatable bonds is 6. The minimum atomic E-state index is -0.827. The van der Waals surface area contributed by atoms with Crippen molar-refractivity contribution in [3.05, 3.63) is 29.5 Å². The molecule has 2 N–H and O–H groups in total. The van der Waals surface area contributed by atoms with E-state index >= 15 is 0 Å². The minimum absolute atomic E-state index is 0.0412. The molecular weight excluding hydrogens is 378 g/mol. The van der Waals surface area contributed by atoms with Crippen molar-refractivity contribution in [1.82, 2.24) is 9.80 Å². The predicted molar refractivity (Wildman–Crippen MR) is 92.4 cm³/mol. The molecular formula is C17H21FN2O3Se. The van der Waals surface area contributed by atoms with Gasteiger partial charge >= 0.3 is 148 Å². The van der Waals surface area contributed by atoms with Crippen LogP contribution in [-0.4, -0.2) is 65.9 Å². The first-order valence-corrected chi connectivity index (χ1v) is 8.64. The predicted octanol–water partition coefficient (Wildman–Crippen LogP) is 2.00. The summed E-state index contributed by atoms with van der Waals surface area (Å²) in [5, 5.41) is 19.2. The van der Waals surface area contributed by atoms with Gasteiger partial charge in [0.15, 0.2) is 0 Å². The Labute approximate surface area is 148 Å². The summed E-state index contributed by atoms with van der Waals surface area (Å²) < 4.78 is 13.5. The van der Waals surface area contributed by atoms with Crippen LogP contribution in [-0.2, 0) is 4.79 Å². The third-order valence-corrected chi connectivity index (χ3v) is 4.92. The molecule has 1 aliphatic heterocycles. The molecule has 0 bridgehead atoms. The van der Waals surface area contributed by atoms with E-state index in [2.05, 4.69) is 15.6 Å². The van der Waals surface area contributed by atoms with Gasteiger partial charge in [-0.3, -0.25) is 0 Å². The number of halogens is 1. The molecule has 5 nitrogen and oxygen atoms in total. The molecule has 1 amide bonds. The van der Waals surface area contributed by atoms with Crippen molar-refractivity contribution in [2.75, 3.05) is 13.6 Å². The molecule has 2 rings (SSSR count). The van der Waals surface area contributed by atoms with Gasteiger partial charge in [0, 0.05) is 0 Å². The molecule has 1 aromatic carbocycles. The zero-order valence-electron chi connectivity index (χ0n) is 13.7. The molecule has 24 heavy (non-hydrogen) atoms. The topological polar surface area (TPSA) is 64.0 Å². The summed E-state index contributed by atoms with van der Waals surface area (Å²) in [6, 6.07) is 4.22. The van der Waals surface area contributed by atoms with Gasteiger partial charge in [-0.15, -0.1) is 0 Å². The number of hydrogen-bond acceptors (Lipinski definition) is 4. The Hall–Kier alpha value is -1.85. The Kier molecular flexibility index (Phi) is 6.02. The summed E-state index contributed by atoms with van der Waals surface area (Å²) in [7, 11) is 1.76.